The summed E-state index contributed by atoms with van der Waals surface area (Å²) in [6, 6.07) is 8.25. The van der Waals surface area contributed by atoms with Crippen molar-refractivity contribution < 1.29 is 4.74 Å². The van der Waals surface area contributed by atoms with Crippen LogP contribution >= 0.6 is 0 Å². The van der Waals surface area contributed by atoms with Crippen molar-refractivity contribution in [2.45, 2.75) is 33.1 Å². The fourth-order valence-electron chi connectivity index (χ4n) is 2.07. The average Bonchev–Trinajstić information content (AvgIpc) is 2.49. The molecule has 0 heterocycles. The number of nitrogens with two attached hydrogens (primary N) is 1. The number of unbranched alkanes of at least 4 members (excludes halogenated alkanes) is 1. The molecular weight excluding hydrogens is 250 g/mol. The van der Waals surface area contributed by atoms with Gasteiger partial charge < -0.3 is 15.4 Å². The lowest BCUT2D eigenvalue weighted by Gasteiger charge is -2.19. The van der Waals surface area contributed by atoms with Gasteiger partial charge in [-0.3, -0.25) is 4.99 Å². The number of aliphatic imine (C=N–C) groups is 1. The summed E-state index contributed by atoms with van der Waals surface area (Å²) in [6.07, 6.45) is 3.26. The van der Waals surface area contributed by atoms with Crippen molar-refractivity contribution in [1.82, 2.24) is 4.90 Å². The lowest BCUT2D eigenvalue weighted by atomic mass is 10.1. The van der Waals surface area contributed by atoms with E-state index in [9.17, 15) is 0 Å². The number of benzene rings is 1. The molecule has 4 nitrogen and oxygen atoms in total. The first kappa shape index (κ1) is 16.3. The van der Waals surface area contributed by atoms with Crippen LogP contribution in [0.4, 0.5) is 0 Å². The fraction of sp³-hybridized carbons (Fsp3) is 0.562. The molecule has 1 aromatic carbocycles. The van der Waals surface area contributed by atoms with E-state index in [4.69, 9.17) is 10.5 Å². The second-order valence-electron chi connectivity index (χ2n) is 4.72. The Morgan fingerprint density at radius 1 is 1.15 bits per heavy atom. The van der Waals surface area contributed by atoms with Gasteiger partial charge in [0, 0.05) is 19.6 Å². The van der Waals surface area contributed by atoms with Gasteiger partial charge in [0.05, 0.1) is 7.11 Å². The Kier molecular flexibility index (Phi) is 7.55. The molecule has 0 atom stereocenters. The number of rotatable bonds is 8. The van der Waals surface area contributed by atoms with Crippen LogP contribution in [0.1, 0.15) is 32.3 Å². The predicted octanol–water partition coefficient (Wildman–Crippen LogP) is 2.67. The topological polar surface area (TPSA) is 50.8 Å². The van der Waals surface area contributed by atoms with Gasteiger partial charge in [0.25, 0.3) is 0 Å². The standard InChI is InChI=1S/C16H27N3O/c1-4-19(5-2)16(17)18-13-7-6-8-14-9-11-15(20-3)12-10-14/h9-12H,4-8,13H2,1-3H3,(H2,17,18). The van der Waals surface area contributed by atoms with E-state index < -0.39 is 0 Å². The van der Waals surface area contributed by atoms with Crippen LogP contribution in [0.3, 0.4) is 0 Å². The van der Waals surface area contributed by atoms with E-state index in [1.165, 1.54) is 5.56 Å². The number of hydrogen-bond acceptors (Lipinski definition) is 2. The highest BCUT2D eigenvalue weighted by molar-refractivity contribution is 5.77. The van der Waals surface area contributed by atoms with E-state index in [1.807, 2.05) is 12.1 Å². The third-order valence-corrected chi connectivity index (χ3v) is 3.39. The van der Waals surface area contributed by atoms with Crippen LogP contribution < -0.4 is 10.5 Å². The molecule has 0 radical (unpaired) electrons. The second-order valence-corrected chi connectivity index (χ2v) is 4.72. The maximum absolute atomic E-state index is 5.93. The molecule has 20 heavy (non-hydrogen) atoms. The lowest BCUT2D eigenvalue weighted by molar-refractivity contribution is 0.414. The Bertz CT molecular complexity index is 397. The second kappa shape index (κ2) is 9.23. The van der Waals surface area contributed by atoms with E-state index in [2.05, 4.69) is 35.9 Å². The Balaban J connectivity index is 2.25. The van der Waals surface area contributed by atoms with Crippen LogP contribution in [0.25, 0.3) is 0 Å². The molecule has 0 unspecified atom stereocenters. The van der Waals surface area contributed by atoms with Gasteiger partial charge in [-0.05, 0) is 50.8 Å². The zero-order valence-corrected chi connectivity index (χ0v) is 12.9. The first-order valence-electron chi connectivity index (χ1n) is 7.39. The molecule has 112 valence electrons. The molecule has 1 aromatic rings. The summed E-state index contributed by atoms with van der Waals surface area (Å²) < 4.78 is 5.15. The maximum Gasteiger partial charge on any atom is 0.191 e. The molecular formula is C16H27N3O. The molecule has 0 fully saturated rings. The van der Waals surface area contributed by atoms with Crippen LogP contribution in [-0.2, 0) is 6.42 Å². The van der Waals surface area contributed by atoms with Crippen LogP contribution in [0.2, 0.25) is 0 Å². The number of nitrogens with zero attached hydrogens (tertiary/aromatic N) is 2. The summed E-state index contributed by atoms with van der Waals surface area (Å²) in [6.45, 7) is 6.82. The summed E-state index contributed by atoms with van der Waals surface area (Å²) in [5.74, 6) is 1.57. The summed E-state index contributed by atoms with van der Waals surface area (Å²) in [7, 11) is 1.69. The monoisotopic (exact) mass is 277 g/mol. The van der Waals surface area contributed by atoms with Crippen LogP contribution in [0.5, 0.6) is 5.75 Å². The van der Waals surface area contributed by atoms with Gasteiger partial charge in [0.2, 0.25) is 0 Å². The Labute approximate surface area is 122 Å². The molecule has 0 saturated carbocycles. The van der Waals surface area contributed by atoms with E-state index >= 15 is 0 Å². The molecule has 0 aliphatic heterocycles. The summed E-state index contributed by atoms with van der Waals surface area (Å²) in [4.78, 5) is 6.50. The molecule has 0 aliphatic carbocycles. The first-order chi connectivity index (χ1) is 9.71. The molecule has 0 amide bonds. The quantitative estimate of drug-likeness (QED) is 0.451. The Hall–Kier alpha value is -1.71. The molecule has 0 bridgehead atoms. The van der Waals surface area contributed by atoms with Crippen molar-refractivity contribution in [3.63, 3.8) is 0 Å². The normalized spacial score (nSPS) is 11.4. The molecule has 0 aliphatic rings. The third kappa shape index (κ3) is 5.51. The highest BCUT2D eigenvalue weighted by Gasteiger charge is 2.01. The van der Waals surface area contributed by atoms with Crippen LogP contribution in [0.15, 0.2) is 29.3 Å². The minimum Gasteiger partial charge on any atom is -0.497 e. The van der Waals surface area contributed by atoms with E-state index in [1.54, 1.807) is 7.11 Å². The highest BCUT2D eigenvalue weighted by atomic mass is 16.5. The Morgan fingerprint density at radius 3 is 2.35 bits per heavy atom. The molecule has 0 spiro atoms. The van der Waals surface area contributed by atoms with Crippen molar-refractivity contribution >= 4 is 5.96 Å². The largest absolute Gasteiger partial charge is 0.497 e. The molecule has 4 heteroatoms. The summed E-state index contributed by atoms with van der Waals surface area (Å²) >= 11 is 0. The predicted molar refractivity (Wildman–Crippen MR) is 85.3 cm³/mol. The Morgan fingerprint density at radius 2 is 1.80 bits per heavy atom. The van der Waals surface area contributed by atoms with Gasteiger partial charge >= 0.3 is 0 Å². The van der Waals surface area contributed by atoms with Crippen molar-refractivity contribution in [2.24, 2.45) is 10.7 Å². The fourth-order valence-corrected chi connectivity index (χ4v) is 2.07. The van der Waals surface area contributed by atoms with Gasteiger partial charge in [-0.25, -0.2) is 0 Å². The van der Waals surface area contributed by atoms with E-state index in [0.29, 0.717) is 5.96 Å². The van der Waals surface area contributed by atoms with Crippen LogP contribution in [-0.4, -0.2) is 37.6 Å². The zero-order valence-electron chi connectivity index (χ0n) is 12.9. The lowest BCUT2D eigenvalue weighted by Crippen LogP contribution is -2.37. The van der Waals surface area contributed by atoms with Crippen molar-refractivity contribution in [1.29, 1.82) is 0 Å². The van der Waals surface area contributed by atoms with Gasteiger partial charge in [-0.15, -0.1) is 0 Å². The zero-order chi connectivity index (χ0) is 14.8. The number of guanidine groups is 1. The summed E-state index contributed by atoms with van der Waals surface area (Å²) in [5, 5.41) is 0. The number of methoxy groups -OCH3 is 1. The minimum atomic E-state index is 0.666. The maximum atomic E-state index is 5.93. The van der Waals surface area contributed by atoms with Crippen molar-refractivity contribution in [3.05, 3.63) is 29.8 Å². The van der Waals surface area contributed by atoms with Gasteiger partial charge in [-0.2, -0.15) is 0 Å². The van der Waals surface area contributed by atoms with E-state index in [-0.39, 0.29) is 0 Å². The van der Waals surface area contributed by atoms with Gasteiger partial charge in [0.15, 0.2) is 5.96 Å². The third-order valence-electron chi connectivity index (χ3n) is 3.39. The van der Waals surface area contributed by atoms with Gasteiger partial charge in [-0.1, -0.05) is 12.1 Å². The van der Waals surface area contributed by atoms with Crippen molar-refractivity contribution in [3.8, 4) is 5.75 Å². The average molecular weight is 277 g/mol. The van der Waals surface area contributed by atoms with E-state index in [0.717, 1.165) is 44.6 Å². The molecule has 2 N–H and O–H groups in total. The molecule has 0 aromatic heterocycles. The SMILES string of the molecule is CCN(CC)C(N)=NCCCCc1ccc(OC)cc1. The summed E-state index contributed by atoms with van der Waals surface area (Å²) in [5.41, 5.74) is 7.27. The number of ether oxygens (including phenoxy) is 1. The number of hydrogen-bond donors (Lipinski definition) is 1. The van der Waals surface area contributed by atoms with Crippen molar-refractivity contribution in [2.75, 3.05) is 26.7 Å². The molecule has 0 saturated heterocycles. The van der Waals surface area contributed by atoms with Gasteiger partial charge in [0.1, 0.15) is 5.75 Å². The first-order valence-corrected chi connectivity index (χ1v) is 7.39. The number of aryl methyl sites for hydroxylation is 1. The molecule has 1 rings (SSSR count). The highest BCUT2D eigenvalue weighted by Crippen LogP contribution is 2.13. The smallest absolute Gasteiger partial charge is 0.191 e. The minimum absolute atomic E-state index is 0.666. The van der Waals surface area contributed by atoms with Crippen LogP contribution in [0, 0.1) is 0 Å².